The first-order valence-corrected chi connectivity index (χ1v) is 5.29. The fraction of sp³-hybridized carbons (Fsp3) is 0.500. The second-order valence-corrected chi connectivity index (χ2v) is 4.48. The third-order valence-electron chi connectivity index (χ3n) is 2.98. The first-order valence-electron chi connectivity index (χ1n) is 5.29. The zero-order valence-electron chi connectivity index (χ0n) is 8.83. The lowest BCUT2D eigenvalue weighted by molar-refractivity contribution is 0.0127. The average Bonchev–Trinajstić information content (AvgIpc) is 2.17. The fourth-order valence-electron chi connectivity index (χ4n) is 2.11. The van der Waals surface area contributed by atoms with Crippen molar-refractivity contribution in [1.29, 1.82) is 0 Å². The number of hydrogen-bond acceptors (Lipinski definition) is 2. The Morgan fingerprint density at radius 2 is 2.20 bits per heavy atom. The van der Waals surface area contributed by atoms with Crippen molar-refractivity contribution in [3.05, 3.63) is 35.6 Å². The van der Waals surface area contributed by atoms with Crippen LogP contribution in [0.4, 0.5) is 4.39 Å². The molecule has 2 atom stereocenters. The maximum absolute atomic E-state index is 13.5. The third kappa shape index (κ3) is 2.36. The van der Waals surface area contributed by atoms with Gasteiger partial charge in [0.2, 0.25) is 0 Å². The van der Waals surface area contributed by atoms with E-state index in [-0.39, 0.29) is 11.9 Å². The predicted molar refractivity (Wildman–Crippen MR) is 57.0 cm³/mol. The summed E-state index contributed by atoms with van der Waals surface area (Å²) in [5.74, 6) is -0.201. The maximum Gasteiger partial charge on any atom is 0.127 e. The second kappa shape index (κ2) is 3.91. The Morgan fingerprint density at radius 1 is 1.47 bits per heavy atom. The van der Waals surface area contributed by atoms with Gasteiger partial charge in [0, 0.05) is 11.6 Å². The molecule has 0 aromatic heterocycles. The smallest absolute Gasteiger partial charge is 0.127 e. The maximum atomic E-state index is 13.5. The predicted octanol–water partition coefficient (Wildman–Crippen LogP) is 2.00. The number of benzene rings is 1. The SMILES string of the molecule is CC1(O)CCNC(c2ccccc2F)C1. The van der Waals surface area contributed by atoms with Crippen molar-refractivity contribution in [2.45, 2.75) is 31.4 Å². The average molecular weight is 209 g/mol. The van der Waals surface area contributed by atoms with Crippen LogP contribution in [0.15, 0.2) is 24.3 Å². The number of hydrogen-bond donors (Lipinski definition) is 2. The van der Waals surface area contributed by atoms with E-state index in [0.29, 0.717) is 12.0 Å². The molecule has 82 valence electrons. The van der Waals surface area contributed by atoms with Crippen LogP contribution in [0, 0.1) is 5.82 Å². The van der Waals surface area contributed by atoms with E-state index in [1.165, 1.54) is 6.07 Å². The van der Waals surface area contributed by atoms with Gasteiger partial charge in [-0.05, 0) is 32.4 Å². The summed E-state index contributed by atoms with van der Waals surface area (Å²) in [7, 11) is 0. The summed E-state index contributed by atoms with van der Waals surface area (Å²) in [6.07, 6.45) is 1.28. The molecule has 0 saturated carbocycles. The molecule has 0 amide bonds. The second-order valence-electron chi connectivity index (χ2n) is 4.48. The Kier molecular flexibility index (Phi) is 2.76. The summed E-state index contributed by atoms with van der Waals surface area (Å²) in [5.41, 5.74) is -0.0319. The molecule has 2 N–H and O–H groups in total. The molecule has 1 aromatic carbocycles. The summed E-state index contributed by atoms with van der Waals surface area (Å²) in [5, 5.41) is 13.2. The molecule has 1 aliphatic heterocycles. The summed E-state index contributed by atoms with van der Waals surface area (Å²) < 4.78 is 13.5. The molecule has 0 bridgehead atoms. The van der Waals surface area contributed by atoms with Crippen LogP contribution in [0.25, 0.3) is 0 Å². The minimum absolute atomic E-state index is 0.0741. The van der Waals surface area contributed by atoms with E-state index in [1.54, 1.807) is 12.1 Å². The molecule has 1 saturated heterocycles. The van der Waals surface area contributed by atoms with Crippen LogP contribution in [0.3, 0.4) is 0 Å². The van der Waals surface area contributed by atoms with Gasteiger partial charge in [0.05, 0.1) is 5.60 Å². The highest BCUT2D eigenvalue weighted by Gasteiger charge is 2.31. The molecule has 1 heterocycles. The van der Waals surface area contributed by atoms with Crippen LogP contribution in [-0.2, 0) is 0 Å². The Balaban J connectivity index is 2.21. The highest BCUT2D eigenvalue weighted by atomic mass is 19.1. The largest absolute Gasteiger partial charge is 0.390 e. The number of rotatable bonds is 1. The Bertz CT molecular complexity index is 351. The normalized spacial score (nSPS) is 31.5. The van der Waals surface area contributed by atoms with Gasteiger partial charge in [0.1, 0.15) is 5.82 Å². The Labute approximate surface area is 89.1 Å². The van der Waals surface area contributed by atoms with Crippen molar-refractivity contribution in [2.75, 3.05) is 6.54 Å². The zero-order valence-corrected chi connectivity index (χ0v) is 8.83. The zero-order chi connectivity index (χ0) is 10.9. The molecular formula is C12H16FNO. The third-order valence-corrected chi connectivity index (χ3v) is 2.98. The van der Waals surface area contributed by atoms with Crippen molar-refractivity contribution in [2.24, 2.45) is 0 Å². The molecule has 2 rings (SSSR count). The van der Waals surface area contributed by atoms with E-state index in [4.69, 9.17) is 0 Å². The van der Waals surface area contributed by atoms with Gasteiger partial charge < -0.3 is 10.4 Å². The molecule has 1 aromatic rings. The summed E-state index contributed by atoms with van der Waals surface area (Å²) in [4.78, 5) is 0. The van der Waals surface area contributed by atoms with Crippen molar-refractivity contribution >= 4 is 0 Å². The first kappa shape index (κ1) is 10.6. The van der Waals surface area contributed by atoms with E-state index in [0.717, 1.165) is 13.0 Å². The van der Waals surface area contributed by atoms with Crippen molar-refractivity contribution in [3.8, 4) is 0 Å². The Hall–Kier alpha value is -0.930. The number of halogens is 1. The number of nitrogens with one attached hydrogen (secondary N) is 1. The van der Waals surface area contributed by atoms with Crippen molar-refractivity contribution < 1.29 is 9.50 Å². The lowest BCUT2D eigenvalue weighted by Gasteiger charge is -2.35. The molecule has 1 fully saturated rings. The molecule has 3 heteroatoms. The van der Waals surface area contributed by atoms with Crippen LogP contribution in [0.5, 0.6) is 0 Å². The van der Waals surface area contributed by atoms with Gasteiger partial charge >= 0.3 is 0 Å². The van der Waals surface area contributed by atoms with Gasteiger partial charge in [0.15, 0.2) is 0 Å². The summed E-state index contributed by atoms with van der Waals surface area (Å²) >= 11 is 0. The van der Waals surface area contributed by atoms with E-state index in [2.05, 4.69) is 5.32 Å². The van der Waals surface area contributed by atoms with Crippen LogP contribution >= 0.6 is 0 Å². The molecule has 0 aliphatic carbocycles. The van der Waals surface area contributed by atoms with Crippen LogP contribution < -0.4 is 5.32 Å². The molecule has 0 spiro atoms. The van der Waals surface area contributed by atoms with E-state index in [1.807, 2.05) is 13.0 Å². The highest BCUT2D eigenvalue weighted by Crippen LogP contribution is 2.30. The molecule has 2 nitrogen and oxygen atoms in total. The van der Waals surface area contributed by atoms with Gasteiger partial charge in [-0.2, -0.15) is 0 Å². The molecule has 2 unspecified atom stereocenters. The lowest BCUT2D eigenvalue weighted by atomic mass is 9.86. The van der Waals surface area contributed by atoms with Crippen LogP contribution in [0.2, 0.25) is 0 Å². The van der Waals surface area contributed by atoms with E-state index in [9.17, 15) is 9.50 Å². The molecular weight excluding hydrogens is 193 g/mol. The minimum atomic E-state index is -0.682. The van der Waals surface area contributed by atoms with Gasteiger partial charge in [-0.25, -0.2) is 4.39 Å². The number of aliphatic hydroxyl groups is 1. The van der Waals surface area contributed by atoms with Gasteiger partial charge in [-0.15, -0.1) is 0 Å². The summed E-state index contributed by atoms with van der Waals surface area (Å²) in [6.45, 7) is 2.54. The minimum Gasteiger partial charge on any atom is -0.390 e. The quantitative estimate of drug-likeness (QED) is 0.741. The van der Waals surface area contributed by atoms with Crippen molar-refractivity contribution in [3.63, 3.8) is 0 Å². The molecule has 0 radical (unpaired) electrons. The van der Waals surface area contributed by atoms with Crippen LogP contribution in [-0.4, -0.2) is 17.3 Å². The number of piperidine rings is 1. The van der Waals surface area contributed by atoms with Crippen molar-refractivity contribution in [1.82, 2.24) is 5.32 Å². The lowest BCUT2D eigenvalue weighted by Crippen LogP contribution is -2.41. The van der Waals surface area contributed by atoms with Crippen LogP contribution in [0.1, 0.15) is 31.4 Å². The monoisotopic (exact) mass is 209 g/mol. The van der Waals surface area contributed by atoms with E-state index < -0.39 is 5.60 Å². The Morgan fingerprint density at radius 3 is 2.87 bits per heavy atom. The summed E-state index contributed by atoms with van der Waals surface area (Å²) in [6, 6.07) is 6.66. The highest BCUT2D eigenvalue weighted by molar-refractivity contribution is 5.22. The first-order chi connectivity index (χ1) is 7.08. The van der Waals surface area contributed by atoms with Gasteiger partial charge in [0.25, 0.3) is 0 Å². The fourth-order valence-corrected chi connectivity index (χ4v) is 2.11. The molecule has 15 heavy (non-hydrogen) atoms. The van der Waals surface area contributed by atoms with E-state index >= 15 is 0 Å². The van der Waals surface area contributed by atoms with Gasteiger partial charge in [-0.1, -0.05) is 18.2 Å². The standard InChI is InChI=1S/C12H16FNO/c1-12(15)6-7-14-11(8-12)9-4-2-3-5-10(9)13/h2-5,11,14-15H,6-8H2,1H3. The topological polar surface area (TPSA) is 32.3 Å². The van der Waals surface area contributed by atoms with Gasteiger partial charge in [-0.3, -0.25) is 0 Å². The molecule has 1 aliphatic rings.